The van der Waals surface area contributed by atoms with Crippen molar-refractivity contribution in [1.82, 2.24) is 4.73 Å². The molecule has 0 aliphatic rings. The molecule has 1 heterocycles. The molecule has 2 rings (SSSR count). The van der Waals surface area contributed by atoms with Crippen LogP contribution in [0.2, 0.25) is 0 Å². The van der Waals surface area contributed by atoms with Crippen molar-refractivity contribution in [3.05, 3.63) is 36.7 Å². The van der Waals surface area contributed by atoms with Gasteiger partial charge in [0.2, 0.25) is 0 Å². The van der Waals surface area contributed by atoms with E-state index < -0.39 is 0 Å². The third-order valence-electron chi connectivity index (χ3n) is 1.53. The molecule has 0 bridgehead atoms. The van der Waals surface area contributed by atoms with E-state index in [1.165, 1.54) is 0 Å². The van der Waals surface area contributed by atoms with Gasteiger partial charge in [-0.2, -0.15) is 5.21 Å². The van der Waals surface area contributed by atoms with Gasteiger partial charge < -0.3 is 0 Å². The SMILES string of the molecule is [O]n1cc2ccccc2c1. The predicted molar refractivity (Wildman–Crippen MR) is 38.0 cm³/mol. The van der Waals surface area contributed by atoms with E-state index in [0.29, 0.717) is 0 Å². The lowest BCUT2D eigenvalue weighted by molar-refractivity contribution is 0.0926. The van der Waals surface area contributed by atoms with Gasteiger partial charge >= 0.3 is 0 Å². The highest BCUT2D eigenvalue weighted by molar-refractivity contribution is 5.81. The summed E-state index contributed by atoms with van der Waals surface area (Å²) in [4.78, 5) is 0. The van der Waals surface area contributed by atoms with Gasteiger partial charge in [0.05, 0.1) is 12.4 Å². The van der Waals surface area contributed by atoms with Crippen LogP contribution >= 0.6 is 0 Å². The fraction of sp³-hybridized carbons (Fsp3) is 0. The van der Waals surface area contributed by atoms with Gasteiger partial charge in [-0.05, 0) is 0 Å². The average molecular weight is 132 g/mol. The molecule has 0 N–H and O–H groups in total. The monoisotopic (exact) mass is 132 g/mol. The molecule has 0 amide bonds. The number of hydrogen-bond acceptors (Lipinski definition) is 0. The Bertz CT molecular complexity index is 318. The lowest BCUT2D eigenvalue weighted by Gasteiger charge is -1.81. The zero-order chi connectivity index (χ0) is 6.97. The molecule has 0 spiro atoms. The van der Waals surface area contributed by atoms with Crippen LogP contribution in [0.15, 0.2) is 36.7 Å². The van der Waals surface area contributed by atoms with Crippen LogP contribution in [0.1, 0.15) is 0 Å². The number of hydrogen-bond donors (Lipinski definition) is 0. The number of aromatic nitrogens is 1. The smallest absolute Gasteiger partial charge is 0.0561 e. The second-order valence-corrected chi connectivity index (χ2v) is 2.25. The molecule has 0 unspecified atom stereocenters. The third-order valence-corrected chi connectivity index (χ3v) is 1.53. The molecule has 49 valence electrons. The Morgan fingerprint density at radius 1 is 1.00 bits per heavy atom. The van der Waals surface area contributed by atoms with Crippen LogP contribution in [0, 0.1) is 0 Å². The van der Waals surface area contributed by atoms with Gasteiger partial charge in [-0.3, -0.25) is 0 Å². The summed E-state index contributed by atoms with van der Waals surface area (Å²) in [6.07, 6.45) is 3.13. The minimum absolute atomic E-state index is 0.824. The van der Waals surface area contributed by atoms with E-state index >= 15 is 0 Å². The topological polar surface area (TPSA) is 24.8 Å². The van der Waals surface area contributed by atoms with Crippen molar-refractivity contribution in [1.29, 1.82) is 0 Å². The predicted octanol–water partition coefficient (Wildman–Crippen LogP) is 1.83. The molecule has 2 heteroatoms. The van der Waals surface area contributed by atoms with E-state index in [1.807, 2.05) is 24.3 Å². The maximum absolute atomic E-state index is 10.7. The van der Waals surface area contributed by atoms with Crippen molar-refractivity contribution in [3.8, 4) is 0 Å². The molecular weight excluding hydrogens is 126 g/mol. The van der Waals surface area contributed by atoms with Crippen LogP contribution in [0.3, 0.4) is 0 Å². The standard InChI is InChI=1S/C8H6NO/c10-9-5-7-3-1-2-4-8(7)6-9/h1-6H. The van der Waals surface area contributed by atoms with Crippen molar-refractivity contribution in [3.63, 3.8) is 0 Å². The first-order valence-corrected chi connectivity index (χ1v) is 3.10. The van der Waals surface area contributed by atoms with Gasteiger partial charge in [-0.1, -0.05) is 24.3 Å². The Morgan fingerprint density at radius 2 is 1.50 bits per heavy atom. The molecule has 0 aliphatic heterocycles. The number of nitrogens with zero attached hydrogens (tertiary/aromatic N) is 1. The summed E-state index contributed by atoms with van der Waals surface area (Å²) in [5.74, 6) is 0. The number of rotatable bonds is 0. The fourth-order valence-electron chi connectivity index (χ4n) is 1.06. The van der Waals surface area contributed by atoms with Gasteiger partial charge in [0, 0.05) is 10.8 Å². The normalized spacial score (nSPS) is 10.4. The summed E-state index contributed by atoms with van der Waals surface area (Å²) in [5, 5.41) is 12.7. The maximum Gasteiger partial charge on any atom is 0.0561 e. The van der Waals surface area contributed by atoms with Crippen LogP contribution in [0.4, 0.5) is 0 Å². The second-order valence-electron chi connectivity index (χ2n) is 2.25. The van der Waals surface area contributed by atoms with Gasteiger partial charge in [0.25, 0.3) is 0 Å². The van der Waals surface area contributed by atoms with Crippen LogP contribution in [0.25, 0.3) is 10.8 Å². The highest BCUT2D eigenvalue weighted by Crippen LogP contribution is 2.12. The summed E-state index contributed by atoms with van der Waals surface area (Å²) >= 11 is 0. The van der Waals surface area contributed by atoms with E-state index in [4.69, 9.17) is 0 Å². The Morgan fingerprint density at radius 3 is 2.00 bits per heavy atom. The largest absolute Gasteiger partial charge is 0.167 e. The maximum atomic E-state index is 10.7. The van der Waals surface area contributed by atoms with Crippen LogP contribution in [-0.2, 0) is 5.21 Å². The molecule has 0 saturated carbocycles. The molecule has 1 aromatic carbocycles. The van der Waals surface area contributed by atoms with Crippen molar-refractivity contribution in [2.75, 3.05) is 0 Å². The molecule has 2 aromatic rings. The van der Waals surface area contributed by atoms with E-state index in [0.717, 1.165) is 15.5 Å². The minimum Gasteiger partial charge on any atom is -0.167 e. The van der Waals surface area contributed by atoms with Crippen LogP contribution in [-0.4, -0.2) is 4.73 Å². The molecule has 0 aliphatic carbocycles. The first-order valence-electron chi connectivity index (χ1n) is 3.10. The van der Waals surface area contributed by atoms with Gasteiger partial charge in [0.1, 0.15) is 0 Å². The molecule has 10 heavy (non-hydrogen) atoms. The molecular formula is C8H6NO. The Labute approximate surface area is 58.3 Å². The summed E-state index contributed by atoms with van der Waals surface area (Å²) < 4.78 is 0.824. The Hall–Kier alpha value is -1.44. The van der Waals surface area contributed by atoms with E-state index in [9.17, 15) is 5.21 Å². The Balaban J connectivity index is 2.88. The van der Waals surface area contributed by atoms with Crippen molar-refractivity contribution in [2.45, 2.75) is 0 Å². The van der Waals surface area contributed by atoms with E-state index in [1.54, 1.807) is 12.4 Å². The average Bonchev–Trinajstić information content (AvgIpc) is 2.27. The fourth-order valence-corrected chi connectivity index (χ4v) is 1.06. The van der Waals surface area contributed by atoms with Crippen molar-refractivity contribution >= 4 is 10.8 Å². The van der Waals surface area contributed by atoms with Crippen LogP contribution < -0.4 is 0 Å². The lowest BCUT2D eigenvalue weighted by atomic mass is 10.2. The first-order chi connectivity index (χ1) is 4.86. The summed E-state index contributed by atoms with van der Waals surface area (Å²) in [6, 6.07) is 7.68. The molecule has 0 saturated heterocycles. The third kappa shape index (κ3) is 0.658. The minimum atomic E-state index is 0.824. The van der Waals surface area contributed by atoms with Crippen molar-refractivity contribution in [2.24, 2.45) is 0 Å². The zero-order valence-electron chi connectivity index (χ0n) is 5.32. The summed E-state index contributed by atoms with van der Waals surface area (Å²) in [5.41, 5.74) is 0. The van der Waals surface area contributed by atoms with Crippen LogP contribution in [0.5, 0.6) is 0 Å². The molecule has 0 fully saturated rings. The first kappa shape index (κ1) is 5.35. The van der Waals surface area contributed by atoms with Gasteiger partial charge in [-0.15, -0.1) is 4.73 Å². The Kier molecular flexibility index (Phi) is 0.947. The van der Waals surface area contributed by atoms with E-state index in [2.05, 4.69) is 0 Å². The van der Waals surface area contributed by atoms with E-state index in [-0.39, 0.29) is 0 Å². The summed E-state index contributed by atoms with van der Waals surface area (Å²) in [6.45, 7) is 0. The van der Waals surface area contributed by atoms with Gasteiger partial charge in [-0.25, -0.2) is 0 Å². The second kappa shape index (κ2) is 1.77. The lowest BCUT2D eigenvalue weighted by Crippen LogP contribution is -1.75. The number of fused-ring (bicyclic) bond motifs is 1. The molecule has 2 nitrogen and oxygen atoms in total. The number of benzene rings is 1. The summed E-state index contributed by atoms with van der Waals surface area (Å²) in [7, 11) is 0. The van der Waals surface area contributed by atoms with Crippen molar-refractivity contribution < 1.29 is 5.21 Å². The molecule has 1 radical (unpaired) electrons. The molecule has 1 aromatic heterocycles. The highest BCUT2D eigenvalue weighted by Gasteiger charge is 1.94. The zero-order valence-corrected chi connectivity index (χ0v) is 5.32. The van der Waals surface area contributed by atoms with Gasteiger partial charge in [0.15, 0.2) is 0 Å². The molecule has 0 atom stereocenters. The highest BCUT2D eigenvalue weighted by atomic mass is 16.5. The quantitative estimate of drug-likeness (QED) is 0.522.